The predicted octanol–water partition coefficient (Wildman–Crippen LogP) is 3.04. The van der Waals surface area contributed by atoms with Gasteiger partial charge in [-0.05, 0) is 36.4 Å². The zero-order valence-electron chi connectivity index (χ0n) is 9.81. The third-order valence-corrected chi connectivity index (χ3v) is 4.47. The second-order valence-electron chi connectivity index (χ2n) is 4.07. The third kappa shape index (κ3) is 3.24. The molecule has 0 heterocycles. The standard InChI is InChI=1S/C13H11ClFNO2S/c14-10-4-5-13(15)9(6-10)8-19(17,18)12-3-1-2-11(16)7-12/h1-7H,8,16H2. The first kappa shape index (κ1) is 13.8. The van der Waals surface area contributed by atoms with Crippen LogP contribution in [0.2, 0.25) is 5.02 Å². The molecule has 0 amide bonds. The number of rotatable bonds is 3. The molecule has 0 radical (unpaired) electrons. The van der Waals surface area contributed by atoms with Crippen LogP contribution in [0.25, 0.3) is 0 Å². The van der Waals surface area contributed by atoms with Crippen LogP contribution in [0.15, 0.2) is 47.4 Å². The Morgan fingerprint density at radius 3 is 2.58 bits per heavy atom. The van der Waals surface area contributed by atoms with Crippen molar-refractivity contribution in [3.8, 4) is 0 Å². The largest absolute Gasteiger partial charge is 0.399 e. The van der Waals surface area contributed by atoms with E-state index < -0.39 is 21.4 Å². The summed E-state index contributed by atoms with van der Waals surface area (Å²) in [7, 11) is -3.65. The smallest absolute Gasteiger partial charge is 0.182 e. The highest BCUT2D eigenvalue weighted by Crippen LogP contribution is 2.22. The molecular weight excluding hydrogens is 289 g/mol. The van der Waals surface area contributed by atoms with Crippen LogP contribution >= 0.6 is 11.6 Å². The van der Waals surface area contributed by atoms with Gasteiger partial charge in [0.05, 0.1) is 10.6 Å². The summed E-state index contributed by atoms with van der Waals surface area (Å²) < 4.78 is 37.9. The number of hydrogen-bond acceptors (Lipinski definition) is 3. The molecule has 0 unspecified atom stereocenters. The molecule has 0 bridgehead atoms. The number of anilines is 1. The molecule has 2 aromatic rings. The van der Waals surface area contributed by atoms with E-state index in [2.05, 4.69) is 0 Å². The second kappa shape index (κ2) is 5.19. The summed E-state index contributed by atoms with van der Waals surface area (Å²) in [5.41, 5.74) is 5.92. The number of sulfone groups is 1. The minimum atomic E-state index is -3.65. The van der Waals surface area contributed by atoms with Gasteiger partial charge >= 0.3 is 0 Å². The van der Waals surface area contributed by atoms with Gasteiger partial charge in [-0.25, -0.2) is 12.8 Å². The number of nitrogen functional groups attached to an aromatic ring is 1. The average molecular weight is 300 g/mol. The molecule has 100 valence electrons. The SMILES string of the molecule is Nc1cccc(S(=O)(=O)Cc2cc(Cl)ccc2F)c1. The lowest BCUT2D eigenvalue weighted by Gasteiger charge is -2.07. The van der Waals surface area contributed by atoms with Crippen LogP contribution in [-0.4, -0.2) is 8.42 Å². The summed E-state index contributed by atoms with van der Waals surface area (Å²) in [6, 6.07) is 9.71. The highest BCUT2D eigenvalue weighted by Gasteiger charge is 2.18. The number of nitrogens with two attached hydrogens (primary N) is 1. The summed E-state index contributed by atoms with van der Waals surface area (Å²) in [6.45, 7) is 0. The number of benzene rings is 2. The van der Waals surface area contributed by atoms with E-state index in [1.165, 1.54) is 30.3 Å². The summed E-state index contributed by atoms with van der Waals surface area (Å²) in [6.07, 6.45) is 0. The van der Waals surface area contributed by atoms with Gasteiger partial charge < -0.3 is 5.73 Å². The van der Waals surface area contributed by atoms with Crippen molar-refractivity contribution in [2.24, 2.45) is 0 Å². The predicted molar refractivity (Wildman–Crippen MR) is 73.2 cm³/mol. The van der Waals surface area contributed by atoms with Crippen molar-refractivity contribution in [2.45, 2.75) is 10.6 Å². The van der Waals surface area contributed by atoms with Crippen molar-refractivity contribution in [3.63, 3.8) is 0 Å². The fraction of sp³-hybridized carbons (Fsp3) is 0.0769. The Balaban J connectivity index is 2.39. The Morgan fingerprint density at radius 2 is 1.89 bits per heavy atom. The van der Waals surface area contributed by atoms with Crippen molar-refractivity contribution in [3.05, 3.63) is 58.9 Å². The van der Waals surface area contributed by atoms with E-state index >= 15 is 0 Å². The molecular formula is C13H11ClFNO2S. The highest BCUT2D eigenvalue weighted by molar-refractivity contribution is 7.90. The van der Waals surface area contributed by atoms with Crippen molar-refractivity contribution in [2.75, 3.05) is 5.73 Å². The lowest BCUT2D eigenvalue weighted by Crippen LogP contribution is -2.07. The molecule has 0 saturated heterocycles. The summed E-state index contributed by atoms with van der Waals surface area (Å²) in [4.78, 5) is 0.0619. The summed E-state index contributed by atoms with van der Waals surface area (Å²) in [5.74, 6) is -1.06. The van der Waals surface area contributed by atoms with E-state index in [1.807, 2.05) is 0 Å². The summed E-state index contributed by atoms with van der Waals surface area (Å²) in [5, 5.41) is 0.291. The van der Waals surface area contributed by atoms with E-state index in [1.54, 1.807) is 6.07 Å². The molecule has 0 aliphatic carbocycles. The van der Waals surface area contributed by atoms with Gasteiger partial charge in [0.15, 0.2) is 9.84 Å². The monoisotopic (exact) mass is 299 g/mol. The molecule has 2 N–H and O–H groups in total. The van der Waals surface area contributed by atoms with Gasteiger partial charge in [-0.2, -0.15) is 0 Å². The van der Waals surface area contributed by atoms with Crippen LogP contribution in [0.4, 0.5) is 10.1 Å². The normalized spacial score (nSPS) is 11.5. The van der Waals surface area contributed by atoms with Crippen LogP contribution in [0.1, 0.15) is 5.56 Å². The highest BCUT2D eigenvalue weighted by atomic mass is 35.5. The Bertz CT molecular complexity index is 716. The molecule has 0 fully saturated rings. The quantitative estimate of drug-likeness (QED) is 0.886. The van der Waals surface area contributed by atoms with Crippen LogP contribution < -0.4 is 5.73 Å². The topological polar surface area (TPSA) is 60.2 Å². The maximum absolute atomic E-state index is 13.5. The number of halogens is 2. The first-order valence-corrected chi connectivity index (χ1v) is 7.44. The van der Waals surface area contributed by atoms with E-state index in [0.29, 0.717) is 10.7 Å². The molecule has 19 heavy (non-hydrogen) atoms. The Kier molecular flexibility index (Phi) is 3.78. The fourth-order valence-corrected chi connectivity index (χ4v) is 3.24. The molecule has 0 saturated carbocycles. The lowest BCUT2D eigenvalue weighted by molar-refractivity contribution is 0.587. The average Bonchev–Trinajstić information content (AvgIpc) is 2.33. The third-order valence-electron chi connectivity index (χ3n) is 2.57. The second-order valence-corrected chi connectivity index (χ2v) is 6.49. The van der Waals surface area contributed by atoms with Crippen LogP contribution in [0.5, 0.6) is 0 Å². The molecule has 0 atom stereocenters. The van der Waals surface area contributed by atoms with Crippen molar-refractivity contribution in [1.82, 2.24) is 0 Å². The first-order valence-electron chi connectivity index (χ1n) is 5.41. The minimum Gasteiger partial charge on any atom is -0.399 e. The summed E-state index contributed by atoms with van der Waals surface area (Å²) >= 11 is 5.74. The molecule has 6 heteroatoms. The maximum atomic E-state index is 13.5. The first-order chi connectivity index (χ1) is 8.88. The zero-order valence-corrected chi connectivity index (χ0v) is 11.4. The van der Waals surface area contributed by atoms with E-state index in [-0.39, 0.29) is 10.5 Å². The van der Waals surface area contributed by atoms with Crippen LogP contribution in [0, 0.1) is 5.82 Å². The molecule has 0 aliphatic rings. The Hall–Kier alpha value is -1.59. The number of hydrogen-bond donors (Lipinski definition) is 1. The van der Waals surface area contributed by atoms with Gasteiger partial charge in [0.25, 0.3) is 0 Å². The molecule has 2 rings (SSSR count). The lowest BCUT2D eigenvalue weighted by atomic mass is 10.2. The van der Waals surface area contributed by atoms with Gasteiger partial charge in [-0.15, -0.1) is 0 Å². The fourth-order valence-electron chi connectivity index (χ4n) is 1.65. The van der Waals surface area contributed by atoms with E-state index in [0.717, 1.165) is 6.07 Å². The zero-order chi connectivity index (χ0) is 14.0. The van der Waals surface area contributed by atoms with Crippen molar-refractivity contribution < 1.29 is 12.8 Å². The minimum absolute atomic E-state index is 0.0370. The van der Waals surface area contributed by atoms with Crippen molar-refractivity contribution >= 4 is 27.1 Å². The maximum Gasteiger partial charge on any atom is 0.182 e. The molecule has 2 aromatic carbocycles. The van der Waals surface area contributed by atoms with E-state index in [9.17, 15) is 12.8 Å². The molecule has 0 aromatic heterocycles. The van der Waals surface area contributed by atoms with E-state index in [4.69, 9.17) is 17.3 Å². The van der Waals surface area contributed by atoms with Gasteiger partial charge in [0.1, 0.15) is 5.82 Å². The van der Waals surface area contributed by atoms with Crippen molar-refractivity contribution in [1.29, 1.82) is 0 Å². The van der Waals surface area contributed by atoms with Gasteiger partial charge in [0.2, 0.25) is 0 Å². The Morgan fingerprint density at radius 1 is 1.16 bits per heavy atom. The van der Waals surface area contributed by atoms with Gasteiger partial charge in [-0.3, -0.25) is 0 Å². The van der Waals surface area contributed by atoms with Gasteiger partial charge in [0, 0.05) is 16.3 Å². The molecule has 0 aliphatic heterocycles. The van der Waals surface area contributed by atoms with Crippen LogP contribution in [-0.2, 0) is 15.6 Å². The molecule has 3 nitrogen and oxygen atoms in total. The van der Waals surface area contributed by atoms with Gasteiger partial charge in [-0.1, -0.05) is 17.7 Å². The Labute approximate surface area is 115 Å². The van der Waals surface area contributed by atoms with Crippen LogP contribution in [0.3, 0.4) is 0 Å². The molecule has 0 spiro atoms.